The Labute approximate surface area is 95.6 Å². The number of ether oxygens (including phenoxy) is 1. The van der Waals surface area contributed by atoms with Gasteiger partial charge in [-0.3, -0.25) is 0 Å². The second kappa shape index (κ2) is 3.85. The fourth-order valence-electron chi connectivity index (χ4n) is 1.45. The van der Waals surface area contributed by atoms with Crippen LogP contribution in [0, 0.1) is 6.92 Å². The third-order valence-corrected chi connectivity index (χ3v) is 2.31. The Morgan fingerprint density at radius 2 is 2.18 bits per heavy atom. The van der Waals surface area contributed by atoms with Gasteiger partial charge in [0.25, 0.3) is 0 Å². The number of rotatable bonds is 2. The molecule has 0 aromatic carbocycles. The molecule has 1 N–H and O–H groups in total. The molecular formula is C10H9N3O4. The van der Waals surface area contributed by atoms with E-state index in [0.29, 0.717) is 11.2 Å². The minimum atomic E-state index is -1.13. The lowest BCUT2D eigenvalue weighted by Crippen LogP contribution is -2.03. The Bertz CT molecular complexity index is 617. The molecule has 17 heavy (non-hydrogen) atoms. The predicted molar refractivity (Wildman–Crippen MR) is 56.0 cm³/mol. The summed E-state index contributed by atoms with van der Waals surface area (Å²) in [7, 11) is 1.25. The molecule has 0 aliphatic carbocycles. The van der Waals surface area contributed by atoms with Crippen molar-refractivity contribution in [2.75, 3.05) is 7.11 Å². The molecule has 0 radical (unpaired) electrons. The van der Waals surface area contributed by atoms with Crippen LogP contribution in [0.4, 0.5) is 0 Å². The zero-order chi connectivity index (χ0) is 12.6. The molecule has 0 unspecified atom stereocenters. The van der Waals surface area contributed by atoms with Gasteiger partial charge in [0.1, 0.15) is 0 Å². The molecule has 7 nitrogen and oxygen atoms in total. The van der Waals surface area contributed by atoms with Crippen LogP contribution in [0.15, 0.2) is 12.3 Å². The molecule has 88 valence electrons. The molecule has 0 saturated heterocycles. The van der Waals surface area contributed by atoms with Crippen molar-refractivity contribution >= 4 is 17.6 Å². The monoisotopic (exact) mass is 235 g/mol. The largest absolute Gasteiger partial charge is 0.477 e. The van der Waals surface area contributed by atoms with Crippen LogP contribution in [0.1, 0.15) is 26.5 Å². The first-order chi connectivity index (χ1) is 8.04. The Balaban J connectivity index is 2.66. The van der Waals surface area contributed by atoms with Crippen molar-refractivity contribution in [3.8, 4) is 0 Å². The zero-order valence-electron chi connectivity index (χ0n) is 9.17. The predicted octanol–water partition coefficient (Wildman–Crippen LogP) is 0.523. The summed E-state index contributed by atoms with van der Waals surface area (Å²) in [6.07, 6.45) is 1.44. The molecule has 0 saturated carbocycles. The Kier molecular flexibility index (Phi) is 2.51. The third-order valence-electron chi connectivity index (χ3n) is 2.31. The van der Waals surface area contributed by atoms with Crippen molar-refractivity contribution < 1.29 is 19.4 Å². The highest BCUT2D eigenvalue weighted by molar-refractivity contribution is 5.91. The van der Waals surface area contributed by atoms with Crippen LogP contribution in [-0.4, -0.2) is 38.8 Å². The van der Waals surface area contributed by atoms with E-state index in [1.54, 1.807) is 6.92 Å². The first-order valence-electron chi connectivity index (χ1n) is 4.72. The topological polar surface area (TPSA) is 93.8 Å². The number of nitrogens with zero attached hydrogens (tertiary/aromatic N) is 3. The van der Waals surface area contributed by atoms with Gasteiger partial charge >= 0.3 is 11.9 Å². The number of esters is 1. The number of methoxy groups -OCH3 is 1. The van der Waals surface area contributed by atoms with Crippen molar-refractivity contribution in [3.63, 3.8) is 0 Å². The summed E-state index contributed by atoms with van der Waals surface area (Å²) >= 11 is 0. The van der Waals surface area contributed by atoms with E-state index in [0.717, 1.165) is 0 Å². The quantitative estimate of drug-likeness (QED) is 0.763. The lowest BCUT2D eigenvalue weighted by molar-refractivity contribution is 0.0592. The van der Waals surface area contributed by atoms with E-state index in [-0.39, 0.29) is 11.4 Å². The molecule has 2 heterocycles. The maximum absolute atomic E-state index is 11.4. The molecule has 2 rings (SSSR count). The molecule has 7 heteroatoms. The van der Waals surface area contributed by atoms with Crippen LogP contribution in [0.5, 0.6) is 0 Å². The first-order valence-corrected chi connectivity index (χ1v) is 4.72. The molecule has 0 bridgehead atoms. The second-order valence-corrected chi connectivity index (χ2v) is 3.35. The summed E-state index contributed by atoms with van der Waals surface area (Å²) in [6.45, 7) is 1.63. The summed E-state index contributed by atoms with van der Waals surface area (Å²) in [5.74, 6) is -1.71. The molecular weight excluding hydrogens is 226 g/mol. The first kappa shape index (κ1) is 11.1. The molecule has 0 spiro atoms. The molecule has 0 aliphatic heterocycles. The molecule has 0 amide bonds. The van der Waals surface area contributed by atoms with E-state index >= 15 is 0 Å². The van der Waals surface area contributed by atoms with Gasteiger partial charge in [0.05, 0.1) is 7.11 Å². The Morgan fingerprint density at radius 1 is 1.47 bits per heavy atom. The van der Waals surface area contributed by atoms with Gasteiger partial charge in [-0.25, -0.2) is 19.1 Å². The molecule has 2 aromatic heterocycles. The average Bonchev–Trinajstić information content (AvgIpc) is 2.65. The molecule has 2 aromatic rings. The van der Waals surface area contributed by atoms with Crippen molar-refractivity contribution in [2.45, 2.75) is 6.92 Å². The third kappa shape index (κ3) is 1.71. The summed E-state index contributed by atoms with van der Waals surface area (Å²) in [4.78, 5) is 26.1. The summed E-state index contributed by atoms with van der Waals surface area (Å²) in [6, 6.07) is 1.31. The van der Waals surface area contributed by atoms with Crippen molar-refractivity contribution in [1.82, 2.24) is 14.6 Å². The minimum Gasteiger partial charge on any atom is -0.477 e. The summed E-state index contributed by atoms with van der Waals surface area (Å²) in [5.41, 5.74) is 0.838. The van der Waals surface area contributed by atoms with Gasteiger partial charge in [0.15, 0.2) is 17.0 Å². The Hall–Kier alpha value is -2.44. The molecule has 0 aliphatic rings. The number of aromatic nitrogens is 3. The van der Waals surface area contributed by atoms with Crippen LogP contribution in [-0.2, 0) is 4.74 Å². The van der Waals surface area contributed by atoms with Gasteiger partial charge < -0.3 is 9.84 Å². The lowest BCUT2D eigenvalue weighted by atomic mass is 10.2. The number of carboxylic acids is 1. The highest BCUT2D eigenvalue weighted by Crippen LogP contribution is 2.14. The summed E-state index contributed by atoms with van der Waals surface area (Å²) in [5, 5.41) is 12.8. The second-order valence-electron chi connectivity index (χ2n) is 3.35. The fraction of sp³-hybridized carbons (Fsp3) is 0.200. The van der Waals surface area contributed by atoms with Crippen LogP contribution in [0.25, 0.3) is 5.65 Å². The fourth-order valence-corrected chi connectivity index (χ4v) is 1.45. The van der Waals surface area contributed by atoms with Gasteiger partial charge in [-0.05, 0) is 13.0 Å². The van der Waals surface area contributed by atoms with Gasteiger partial charge in [-0.2, -0.15) is 5.10 Å². The number of aryl methyl sites for hydroxylation is 1. The minimum absolute atomic E-state index is 0.100. The number of aromatic carboxylic acids is 1. The van der Waals surface area contributed by atoms with Crippen molar-refractivity contribution in [1.29, 1.82) is 0 Å². The average molecular weight is 235 g/mol. The number of carbonyl (C=O) groups is 2. The van der Waals surface area contributed by atoms with E-state index in [4.69, 9.17) is 5.11 Å². The number of carbonyl (C=O) groups excluding carboxylic acids is 1. The smallest absolute Gasteiger partial charge is 0.358 e. The maximum atomic E-state index is 11.4. The van der Waals surface area contributed by atoms with Crippen LogP contribution >= 0.6 is 0 Å². The van der Waals surface area contributed by atoms with Crippen molar-refractivity contribution in [2.24, 2.45) is 0 Å². The molecule has 0 atom stereocenters. The van der Waals surface area contributed by atoms with Crippen LogP contribution in [0.3, 0.4) is 0 Å². The van der Waals surface area contributed by atoms with E-state index < -0.39 is 11.9 Å². The summed E-state index contributed by atoms with van der Waals surface area (Å²) < 4.78 is 5.91. The Morgan fingerprint density at radius 3 is 2.76 bits per heavy atom. The van der Waals surface area contributed by atoms with Crippen LogP contribution in [0.2, 0.25) is 0 Å². The zero-order valence-corrected chi connectivity index (χ0v) is 9.17. The highest BCUT2D eigenvalue weighted by atomic mass is 16.5. The maximum Gasteiger partial charge on any atom is 0.358 e. The van der Waals surface area contributed by atoms with E-state index in [2.05, 4.69) is 14.8 Å². The van der Waals surface area contributed by atoms with E-state index in [1.165, 1.54) is 23.9 Å². The van der Waals surface area contributed by atoms with E-state index in [9.17, 15) is 9.59 Å². The number of hydrogen-bond acceptors (Lipinski definition) is 5. The van der Waals surface area contributed by atoms with Gasteiger partial charge in [0, 0.05) is 11.8 Å². The van der Waals surface area contributed by atoms with E-state index in [1.807, 2.05) is 0 Å². The van der Waals surface area contributed by atoms with Gasteiger partial charge in [0.2, 0.25) is 0 Å². The van der Waals surface area contributed by atoms with Gasteiger partial charge in [-0.1, -0.05) is 0 Å². The molecule has 0 fully saturated rings. The number of carboxylic acid groups (broad SMARTS) is 1. The van der Waals surface area contributed by atoms with Crippen LogP contribution < -0.4 is 0 Å². The number of hydrogen-bond donors (Lipinski definition) is 1. The standard InChI is InChI=1S/C10H9N3O4/c1-5-7(10(16)17-2)12-13-4-3-6(9(14)15)11-8(5)13/h3-4H,1-2H3,(H,14,15). The normalized spacial score (nSPS) is 10.5. The lowest BCUT2D eigenvalue weighted by Gasteiger charge is -1.95. The SMILES string of the molecule is COC(=O)c1nn2ccc(C(=O)O)nc2c1C. The van der Waals surface area contributed by atoms with Crippen molar-refractivity contribution in [3.05, 3.63) is 29.2 Å². The highest BCUT2D eigenvalue weighted by Gasteiger charge is 2.18. The van der Waals surface area contributed by atoms with Gasteiger partial charge in [-0.15, -0.1) is 0 Å². The number of fused-ring (bicyclic) bond motifs is 1.